The van der Waals surface area contributed by atoms with Crippen molar-refractivity contribution in [3.8, 4) is 0 Å². The highest BCUT2D eigenvalue weighted by atomic mass is 35.5. The number of nitrogens with zero attached hydrogens (tertiary/aromatic N) is 1. The molecule has 0 spiro atoms. The number of hydrogen-bond donors (Lipinski definition) is 1. The van der Waals surface area contributed by atoms with Gasteiger partial charge in [-0.05, 0) is 31.0 Å². The van der Waals surface area contributed by atoms with E-state index in [1.165, 1.54) is 18.2 Å². The molecule has 1 N–H and O–H groups in total. The first-order valence-corrected chi connectivity index (χ1v) is 7.08. The SMILES string of the molecule is Cc1ccccc1C(C)NC(=O)c1cc([N+](=O)[O-])ccc1Cl. The van der Waals surface area contributed by atoms with Crippen LogP contribution in [0, 0.1) is 17.0 Å². The van der Waals surface area contributed by atoms with Crippen molar-refractivity contribution in [2.75, 3.05) is 0 Å². The number of nitro groups is 1. The Morgan fingerprint density at radius 1 is 1.27 bits per heavy atom. The molecule has 1 atom stereocenters. The van der Waals surface area contributed by atoms with Gasteiger partial charge in [0.05, 0.1) is 21.6 Å². The fourth-order valence-corrected chi connectivity index (χ4v) is 2.43. The Hall–Kier alpha value is -2.40. The molecule has 0 saturated carbocycles. The molecule has 0 bridgehead atoms. The first-order valence-electron chi connectivity index (χ1n) is 6.70. The maximum Gasteiger partial charge on any atom is 0.270 e. The van der Waals surface area contributed by atoms with E-state index in [0.717, 1.165) is 11.1 Å². The molecule has 1 unspecified atom stereocenters. The molecule has 1 amide bonds. The number of nitro benzene ring substituents is 1. The zero-order valence-corrected chi connectivity index (χ0v) is 12.9. The third-order valence-electron chi connectivity index (χ3n) is 3.41. The number of halogens is 1. The molecule has 0 aliphatic rings. The van der Waals surface area contributed by atoms with Crippen LogP contribution in [0.2, 0.25) is 5.02 Å². The van der Waals surface area contributed by atoms with E-state index in [2.05, 4.69) is 5.32 Å². The molecule has 2 aromatic rings. The summed E-state index contributed by atoms with van der Waals surface area (Å²) < 4.78 is 0. The molecule has 22 heavy (non-hydrogen) atoms. The van der Waals surface area contributed by atoms with Gasteiger partial charge in [0.15, 0.2) is 0 Å². The largest absolute Gasteiger partial charge is 0.345 e. The second kappa shape index (κ2) is 6.58. The molecule has 5 nitrogen and oxygen atoms in total. The zero-order chi connectivity index (χ0) is 16.3. The Bertz CT molecular complexity index is 731. The van der Waals surface area contributed by atoms with Crippen molar-refractivity contribution in [2.45, 2.75) is 19.9 Å². The van der Waals surface area contributed by atoms with E-state index in [1.54, 1.807) is 0 Å². The van der Waals surface area contributed by atoms with Gasteiger partial charge in [-0.25, -0.2) is 0 Å². The van der Waals surface area contributed by atoms with Crippen LogP contribution in [0.4, 0.5) is 5.69 Å². The lowest BCUT2D eigenvalue weighted by Crippen LogP contribution is -2.27. The number of aryl methyl sites for hydroxylation is 1. The molecule has 0 aliphatic heterocycles. The van der Waals surface area contributed by atoms with Crippen LogP contribution in [0.15, 0.2) is 42.5 Å². The summed E-state index contributed by atoms with van der Waals surface area (Å²) in [7, 11) is 0. The molecule has 6 heteroatoms. The van der Waals surface area contributed by atoms with E-state index in [4.69, 9.17) is 11.6 Å². The van der Waals surface area contributed by atoms with Crippen molar-refractivity contribution in [3.63, 3.8) is 0 Å². The highest BCUT2D eigenvalue weighted by molar-refractivity contribution is 6.33. The standard InChI is InChI=1S/C16H15ClN2O3/c1-10-5-3-4-6-13(10)11(2)18-16(20)14-9-12(19(21)22)7-8-15(14)17/h3-9,11H,1-2H3,(H,18,20). The van der Waals surface area contributed by atoms with Crippen molar-refractivity contribution >= 4 is 23.2 Å². The fourth-order valence-electron chi connectivity index (χ4n) is 2.23. The smallest absolute Gasteiger partial charge is 0.270 e. The lowest BCUT2D eigenvalue weighted by atomic mass is 10.0. The predicted octanol–water partition coefficient (Wildman–Crippen LogP) is 4.05. The highest BCUT2D eigenvalue weighted by Gasteiger charge is 2.18. The average Bonchev–Trinajstić information content (AvgIpc) is 2.47. The van der Waals surface area contributed by atoms with E-state index in [-0.39, 0.29) is 22.3 Å². The van der Waals surface area contributed by atoms with Crippen LogP contribution < -0.4 is 5.32 Å². The Kier molecular flexibility index (Phi) is 4.78. The minimum atomic E-state index is -0.558. The lowest BCUT2D eigenvalue weighted by molar-refractivity contribution is -0.384. The summed E-state index contributed by atoms with van der Waals surface area (Å²) in [6.45, 7) is 3.81. The van der Waals surface area contributed by atoms with Crippen LogP contribution in [0.5, 0.6) is 0 Å². The Morgan fingerprint density at radius 2 is 1.95 bits per heavy atom. The third kappa shape index (κ3) is 3.43. The van der Waals surface area contributed by atoms with Crippen molar-refractivity contribution in [1.29, 1.82) is 0 Å². The second-order valence-electron chi connectivity index (χ2n) is 4.97. The summed E-state index contributed by atoms with van der Waals surface area (Å²) in [4.78, 5) is 22.6. The number of hydrogen-bond acceptors (Lipinski definition) is 3. The molecule has 0 aliphatic carbocycles. The van der Waals surface area contributed by atoms with Crippen molar-refractivity contribution in [3.05, 3.63) is 74.3 Å². The van der Waals surface area contributed by atoms with Crippen molar-refractivity contribution in [2.24, 2.45) is 0 Å². The predicted molar refractivity (Wildman–Crippen MR) is 85.2 cm³/mol. The van der Waals surface area contributed by atoms with Crippen LogP contribution in [-0.4, -0.2) is 10.8 Å². The first-order chi connectivity index (χ1) is 10.4. The third-order valence-corrected chi connectivity index (χ3v) is 3.74. The van der Waals surface area contributed by atoms with Gasteiger partial charge in [0.2, 0.25) is 0 Å². The maximum absolute atomic E-state index is 12.3. The molecule has 0 saturated heterocycles. The summed E-state index contributed by atoms with van der Waals surface area (Å²) in [6.07, 6.45) is 0. The molecule has 114 valence electrons. The minimum absolute atomic E-state index is 0.0938. The molecular formula is C16H15ClN2O3. The van der Waals surface area contributed by atoms with Gasteiger partial charge in [0, 0.05) is 12.1 Å². The number of carbonyl (C=O) groups is 1. The molecule has 0 heterocycles. The molecule has 0 aromatic heterocycles. The molecule has 2 aromatic carbocycles. The second-order valence-corrected chi connectivity index (χ2v) is 5.38. The highest BCUT2D eigenvalue weighted by Crippen LogP contribution is 2.23. The number of nitrogens with one attached hydrogen (secondary N) is 1. The summed E-state index contributed by atoms with van der Waals surface area (Å²) >= 11 is 5.97. The molecule has 0 radical (unpaired) electrons. The Labute approximate surface area is 133 Å². The minimum Gasteiger partial charge on any atom is -0.345 e. The van der Waals surface area contributed by atoms with Gasteiger partial charge < -0.3 is 5.32 Å². The van der Waals surface area contributed by atoms with Gasteiger partial charge in [-0.2, -0.15) is 0 Å². The van der Waals surface area contributed by atoms with Crippen LogP contribution in [0.1, 0.15) is 34.5 Å². The van der Waals surface area contributed by atoms with E-state index < -0.39 is 10.8 Å². The van der Waals surface area contributed by atoms with Crippen LogP contribution in [-0.2, 0) is 0 Å². The van der Waals surface area contributed by atoms with Gasteiger partial charge in [0.25, 0.3) is 11.6 Å². The lowest BCUT2D eigenvalue weighted by Gasteiger charge is -2.17. The first kappa shape index (κ1) is 16.0. The number of non-ortho nitro benzene ring substituents is 1. The van der Waals surface area contributed by atoms with Crippen LogP contribution in [0.3, 0.4) is 0 Å². The van der Waals surface area contributed by atoms with E-state index >= 15 is 0 Å². The summed E-state index contributed by atoms with van der Waals surface area (Å²) in [6, 6.07) is 11.3. The normalized spacial score (nSPS) is 11.8. The Morgan fingerprint density at radius 3 is 2.59 bits per heavy atom. The van der Waals surface area contributed by atoms with Crippen LogP contribution >= 0.6 is 11.6 Å². The summed E-state index contributed by atoms with van der Waals surface area (Å²) in [5, 5.41) is 13.8. The topological polar surface area (TPSA) is 72.2 Å². The van der Waals surface area contributed by atoms with Crippen LogP contribution in [0.25, 0.3) is 0 Å². The number of rotatable bonds is 4. The fraction of sp³-hybridized carbons (Fsp3) is 0.188. The summed E-state index contributed by atoms with van der Waals surface area (Å²) in [5.41, 5.74) is 1.97. The number of amides is 1. The van der Waals surface area contributed by atoms with Gasteiger partial charge in [0.1, 0.15) is 0 Å². The average molecular weight is 319 g/mol. The monoisotopic (exact) mass is 318 g/mol. The Balaban J connectivity index is 2.24. The van der Waals surface area contributed by atoms with Gasteiger partial charge >= 0.3 is 0 Å². The quantitative estimate of drug-likeness (QED) is 0.682. The van der Waals surface area contributed by atoms with E-state index in [1.807, 2.05) is 38.1 Å². The maximum atomic E-state index is 12.3. The molecule has 2 rings (SSSR count). The van der Waals surface area contributed by atoms with Gasteiger partial charge in [-0.3, -0.25) is 14.9 Å². The number of benzene rings is 2. The zero-order valence-electron chi connectivity index (χ0n) is 12.2. The summed E-state index contributed by atoms with van der Waals surface area (Å²) in [5.74, 6) is -0.440. The van der Waals surface area contributed by atoms with Crippen molar-refractivity contribution < 1.29 is 9.72 Å². The molecule has 0 fully saturated rings. The van der Waals surface area contributed by atoms with Crippen molar-refractivity contribution in [1.82, 2.24) is 5.32 Å². The molecular weight excluding hydrogens is 304 g/mol. The van der Waals surface area contributed by atoms with Gasteiger partial charge in [-0.1, -0.05) is 35.9 Å². The number of carbonyl (C=O) groups excluding carboxylic acids is 1. The van der Waals surface area contributed by atoms with E-state index in [9.17, 15) is 14.9 Å². The van der Waals surface area contributed by atoms with E-state index in [0.29, 0.717) is 0 Å². The van der Waals surface area contributed by atoms with Gasteiger partial charge in [-0.15, -0.1) is 0 Å².